The Morgan fingerprint density at radius 1 is 1.47 bits per heavy atom. The predicted molar refractivity (Wildman–Crippen MR) is 56.6 cm³/mol. The lowest BCUT2D eigenvalue weighted by molar-refractivity contribution is -0.117. The van der Waals surface area contributed by atoms with Crippen LogP contribution in [0.15, 0.2) is 0 Å². The monoisotopic (exact) mass is 213 g/mol. The molecule has 0 N–H and O–H groups in total. The van der Waals surface area contributed by atoms with E-state index in [0.29, 0.717) is 13.0 Å². The van der Waals surface area contributed by atoms with E-state index < -0.39 is 0 Å². The number of amides is 1. The third-order valence-corrected chi connectivity index (χ3v) is 2.47. The van der Waals surface area contributed by atoms with E-state index in [0.717, 1.165) is 12.8 Å². The van der Waals surface area contributed by atoms with E-state index in [1.807, 2.05) is 13.8 Å². The molecule has 1 fully saturated rings. The second-order valence-corrected chi connectivity index (χ2v) is 4.33. The van der Waals surface area contributed by atoms with Gasteiger partial charge >= 0.3 is 6.09 Å². The van der Waals surface area contributed by atoms with Crippen molar-refractivity contribution in [2.24, 2.45) is 0 Å². The quantitative estimate of drug-likeness (QED) is 0.720. The van der Waals surface area contributed by atoms with E-state index in [-0.39, 0.29) is 24.0 Å². The van der Waals surface area contributed by atoms with Crippen molar-refractivity contribution in [2.45, 2.75) is 52.2 Å². The molecule has 0 aliphatic carbocycles. The maximum absolute atomic E-state index is 11.6. The zero-order chi connectivity index (χ0) is 11.4. The molecule has 15 heavy (non-hydrogen) atoms. The fourth-order valence-electron chi connectivity index (χ4n) is 1.89. The van der Waals surface area contributed by atoms with E-state index >= 15 is 0 Å². The van der Waals surface area contributed by atoms with Gasteiger partial charge in [-0.2, -0.15) is 0 Å². The van der Waals surface area contributed by atoms with Crippen molar-refractivity contribution in [2.75, 3.05) is 6.54 Å². The number of ether oxygens (including phenoxy) is 1. The number of hydrogen-bond acceptors (Lipinski definition) is 3. The minimum absolute atomic E-state index is 0.0498. The molecule has 1 rings (SSSR count). The van der Waals surface area contributed by atoms with E-state index in [1.165, 1.54) is 0 Å². The molecular formula is C11H19NO3. The van der Waals surface area contributed by atoms with Gasteiger partial charge in [0, 0.05) is 19.0 Å². The second kappa shape index (κ2) is 5.14. The van der Waals surface area contributed by atoms with Crippen LogP contribution in [0.2, 0.25) is 0 Å². The average Bonchev–Trinajstić information content (AvgIpc) is 2.49. The van der Waals surface area contributed by atoms with Crippen molar-refractivity contribution in [3.8, 4) is 0 Å². The van der Waals surface area contributed by atoms with Crippen LogP contribution in [0.1, 0.15) is 40.0 Å². The SMILES string of the molecule is CC(=O)CC1CCCN1C(=O)OC(C)C. The zero-order valence-electron chi connectivity index (χ0n) is 9.66. The van der Waals surface area contributed by atoms with Crippen molar-refractivity contribution >= 4 is 11.9 Å². The molecule has 0 aromatic carbocycles. The highest BCUT2D eigenvalue weighted by Gasteiger charge is 2.30. The highest BCUT2D eigenvalue weighted by atomic mass is 16.6. The Bertz CT molecular complexity index is 250. The number of rotatable bonds is 3. The summed E-state index contributed by atoms with van der Waals surface area (Å²) < 4.78 is 5.12. The molecule has 0 aromatic rings. The summed E-state index contributed by atoms with van der Waals surface area (Å²) in [6, 6.07) is 0.0498. The van der Waals surface area contributed by atoms with Gasteiger partial charge in [0.15, 0.2) is 0 Å². The summed E-state index contributed by atoms with van der Waals surface area (Å²) in [7, 11) is 0. The van der Waals surface area contributed by atoms with Crippen LogP contribution in [-0.2, 0) is 9.53 Å². The molecule has 1 unspecified atom stereocenters. The van der Waals surface area contributed by atoms with Gasteiger partial charge in [-0.1, -0.05) is 0 Å². The van der Waals surface area contributed by atoms with Crippen LogP contribution in [0.25, 0.3) is 0 Å². The number of carbonyl (C=O) groups excluding carboxylic acids is 2. The van der Waals surface area contributed by atoms with Crippen LogP contribution in [0.5, 0.6) is 0 Å². The molecule has 0 saturated carbocycles. The van der Waals surface area contributed by atoms with Crippen LogP contribution in [0.4, 0.5) is 4.79 Å². The van der Waals surface area contributed by atoms with Gasteiger partial charge in [0.05, 0.1) is 6.10 Å². The first-order chi connectivity index (χ1) is 7.00. The molecule has 4 nitrogen and oxygen atoms in total. The van der Waals surface area contributed by atoms with Crippen molar-refractivity contribution < 1.29 is 14.3 Å². The summed E-state index contributed by atoms with van der Waals surface area (Å²) in [6.07, 6.45) is 1.94. The number of hydrogen-bond donors (Lipinski definition) is 0. The van der Waals surface area contributed by atoms with Crippen molar-refractivity contribution in [3.05, 3.63) is 0 Å². The lowest BCUT2D eigenvalue weighted by Crippen LogP contribution is -2.38. The predicted octanol–water partition coefficient (Wildman–Crippen LogP) is 1.97. The van der Waals surface area contributed by atoms with Crippen LogP contribution in [0, 0.1) is 0 Å². The minimum Gasteiger partial charge on any atom is -0.447 e. The number of ketones is 1. The van der Waals surface area contributed by atoms with Crippen LogP contribution < -0.4 is 0 Å². The first-order valence-corrected chi connectivity index (χ1v) is 5.47. The molecule has 0 bridgehead atoms. The number of carbonyl (C=O) groups is 2. The summed E-state index contributed by atoms with van der Waals surface area (Å²) in [5.74, 6) is 0.129. The Hall–Kier alpha value is -1.06. The van der Waals surface area contributed by atoms with Gasteiger partial charge in [-0.25, -0.2) is 4.79 Å². The normalized spacial score (nSPS) is 20.8. The van der Waals surface area contributed by atoms with E-state index in [1.54, 1.807) is 11.8 Å². The first-order valence-electron chi connectivity index (χ1n) is 5.47. The fraction of sp³-hybridized carbons (Fsp3) is 0.818. The number of likely N-dealkylation sites (tertiary alicyclic amines) is 1. The average molecular weight is 213 g/mol. The lowest BCUT2D eigenvalue weighted by atomic mass is 10.1. The maximum Gasteiger partial charge on any atom is 0.410 e. The van der Waals surface area contributed by atoms with Crippen LogP contribution in [-0.4, -0.2) is 35.5 Å². The Labute approximate surface area is 90.6 Å². The lowest BCUT2D eigenvalue weighted by Gasteiger charge is -2.24. The topological polar surface area (TPSA) is 46.6 Å². The van der Waals surface area contributed by atoms with Crippen molar-refractivity contribution in [3.63, 3.8) is 0 Å². The minimum atomic E-state index is -0.284. The molecule has 1 atom stereocenters. The van der Waals surface area contributed by atoms with Crippen LogP contribution in [0.3, 0.4) is 0 Å². The molecule has 0 radical (unpaired) electrons. The first kappa shape index (κ1) is 12.0. The van der Waals surface area contributed by atoms with Gasteiger partial charge in [-0.05, 0) is 33.6 Å². The van der Waals surface area contributed by atoms with Gasteiger partial charge in [0.25, 0.3) is 0 Å². The second-order valence-electron chi connectivity index (χ2n) is 4.33. The van der Waals surface area contributed by atoms with Gasteiger partial charge in [-0.3, -0.25) is 4.79 Å². The number of nitrogens with zero attached hydrogens (tertiary/aromatic N) is 1. The van der Waals surface area contributed by atoms with Crippen molar-refractivity contribution in [1.29, 1.82) is 0 Å². The number of Topliss-reactive ketones (excluding diaryl/α,β-unsaturated/α-hetero) is 1. The zero-order valence-corrected chi connectivity index (χ0v) is 9.66. The van der Waals surface area contributed by atoms with Gasteiger partial charge < -0.3 is 9.64 Å². The van der Waals surface area contributed by atoms with Crippen molar-refractivity contribution in [1.82, 2.24) is 4.90 Å². The Balaban J connectivity index is 2.52. The Kier molecular flexibility index (Phi) is 4.12. The molecule has 86 valence electrons. The molecule has 0 spiro atoms. The molecule has 1 aliphatic rings. The summed E-state index contributed by atoms with van der Waals surface area (Å²) in [4.78, 5) is 24.3. The Morgan fingerprint density at radius 2 is 2.13 bits per heavy atom. The third kappa shape index (κ3) is 3.53. The van der Waals surface area contributed by atoms with Gasteiger partial charge in [-0.15, -0.1) is 0 Å². The molecule has 1 heterocycles. The van der Waals surface area contributed by atoms with Gasteiger partial charge in [0.2, 0.25) is 0 Å². The molecule has 1 amide bonds. The summed E-state index contributed by atoms with van der Waals surface area (Å²) in [5.41, 5.74) is 0. The standard InChI is InChI=1S/C11H19NO3/c1-8(2)15-11(14)12-6-4-5-10(12)7-9(3)13/h8,10H,4-7H2,1-3H3. The molecule has 1 saturated heterocycles. The summed E-state index contributed by atoms with van der Waals surface area (Å²) in [6.45, 7) is 5.93. The fourth-order valence-corrected chi connectivity index (χ4v) is 1.89. The van der Waals surface area contributed by atoms with E-state index in [4.69, 9.17) is 4.74 Å². The van der Waals surface area contributed by atoms with E-state index in [2.05, 4.69) is 0 Å². The van der Waals surface area contributed by atoms with E-state index in [9.17, 15) is 9.59 Å². The molecular weight excluding hydrogens is 194 g/mol. The highest BCUT2D eigenvalue weighted by Crippen LogP contribution is 2.21. The third-order valence-electron chi connectivity index (χ3n) is 2.47. The summed E-state index contributed by atoms with van der Waals surface area (Å²) in [5, 5.41) is 0. The largest absolute Gasteiger partial charge is 0.447 e. The maximum atomic E-state index is 11.6. The molecule has 1 aliphatic heterocycles. The smallest absolute Gasteiger partial charge is 0.410 e. The molecule has 4 heteroatoms. The van der Waals surface area contributed by atoms with Crippen LogP contribution >= 0.6 is 0 Å². The Morgan fingerprint density at radius 3 is 2.67 bits per heavy atom. The van der Waals surface area contributed by atoms with Gasteiger partial charge in [0.1, 0.15) is 5.78 Å². The highest BCUT2D eigenvalue weighted by molar-refractivity contribution is 5.77. The molecule has 0 aromatic heterocycles. The summed E-state index contributed by atoms with van der Waals surface area (Å²) >= 11 is 0.